The van der Waals surface area contributed by atoms with Crippen molar-refractivity contribution in [3.63, 3.8) is 0 Å². The molecule has 0 bridgehead atoms. The van der Waals surface area contributed by atoms with E-state index in [2.05, 4.69) is 22.8 Å². The van der Waals surface area contributed by atoms with E-state index >= 15 is 0 Å². The number of anilines is 2. The van der Waals surface area contributed by atoms with Gasteiger partial charge in [0.25, 0.3) is 0 Å². The molecule has 4 nitrogen and oxygen atoms in total. The van der Waals surface area contributed by atoms with Crippen LogP contribution in [-0.2, 0) is 0 Å². The molecule has 2 amide bonds. The van der Waals surface area contributed by atoms with Crippen LogP contribution in [0.25, 0.3) is 12.2 Å². The number of carbonyl (C=O) groups is 1. The number of urea groups is 1. The van der Waals surface area contributed by atoms with E-state index in [9.17, 15) is 4.79 Å². The number of nitrogens with zero attached hydrogens (tertiary/aromatic N) is 1. The lowest BCUT2D eigenvalue weighted by Gasteiger charge is -2.27. The summed E-state index contributed by atoms with van der Waals surface area (Å²) in [5, 5.41) is 6.53. The molecule has 0 spiro atoms. The highest BCUT2D eigenvalue weighted by Gasteiger charge is 2.24. The van der Waals surface area contributed by atoms with Crippen molar-refractivity contribution in [3.8, 4) is 0 Å². The van der Waals surface area contributed by atoms with Crippen LogP contribution >= 0.6 is 0 Å². The van der Waals surface area contributed by atoms with E-state index in [-0.39, 0.29) is 6.03 Å². The Labute approximate surface area is 148 Å². The van der Waals surface area contributed by atoms with Crippen LogP contribution in [0.3, 0.4) is 0 Å². The SMILES string of the molecule is O=C(NCC1CCNCC1)N1c2ccccc2C=Cc2ccccc21. The second kappa shape index (κ2) is 7.11. The molecule has 2 aliphatic heterocycles. The average molecular weight is 333 g/mol. The zero-order valence-corrected chi connectivity index (χ0v) is 14.2. The van der Waals surface area contributed by atoms with Gasteiger partial charge in [-0.3, -0.25) is 4.90 Å². The van der Waals surface area contributed by atoms with E-state index in [0.717, 1.165) is 55.0 Å². The van der Waals surface area contributed by atoms with Crippen molar-refractivity contribution in [2.24, 2.45) is 5.92 Å². The van der Waals surface area contributed by atoms with Crippen LogP contribution in [0.2, 0.25) is 0 Å². The number of hydrogen-bond acceptors (Lipinski definition) is 2. The first-order chi connectivity index (χ1) is 12.3. The number of amides is 2. The molecule has 1 saturated heterocycles. The monoisotopic (exact) mass is 333 g/mol. The molecule has 1 fully saturated rings. The molecule has 0 radical (unpaired) electrons. The first-order valence-corrected chi connectivity index (χ1v) is 8.98. The molecule has 2 heterocycles. The number of piperidine rings is 1. The molecule has 0 aromatic heterocycles. The maximum Gasteiger partial charge on any atom is 0.326 e. The third-order valence-electron chi connectivity index (χ3n) is 5.00. The molecule has 2 aromatic carbocycles. The lowest BCUT2D eigenvalue weighted by atomic mass is 9.98. The average Bonchev–Trinajstić information content (AvgIpc) is 2.84. The first kappa shape index (κ1) is 15.9. The standard InChI is InChI=1S/C21H23N3O/c25-21(23-15-16-11-13-22-14-12-16)24-19-7-3-1-5-17(19)9-10-18-6-2-4-8-20(18)24/h1-10,16,22H,11-15H2,(H,23,25). The van der Waals surface area contributed by atoms with E-state index in [0.29, 0.717) is 5.92 Å². The molecule has 4 heteroatoms. The zero-order valence-electron chi connectivity index (χ0n) is 14.2. The van der Waals surface area contributed by atoms with E-state index in [1.807, 2.05) is 53.4 Å². The van der Waals surface area contributed by atoms with E-state index < -0.39 is 0 Å². The highest BCUT2D eigenvalue weighted by atomic mass is 16.2. The van der Waals surface area contributed by atoms with Gasteiger partial charge < -0.3 is 10.6 Å². The molecule has 2 aliphatic rings. The Balaban J connectivity index is 1.63. The predicted molar refractivity (Wildman–Crippen MR) is 103 cm³/mol. The fourth-order valence-electron chi connectivity index (χ4n) is 3.59. The fraction of sp³-hybridized carbons (Fsp3) is 0.286. The van der Waals surface area contributed by atoms with Gasteiger partial charge in [-0.2, -0.15) is 0 Å². The van der Waals surface area contributed by atoms with Crippen molar-refractivity contribution in [2.75, 3.05) is 24.5 Å². The van der Waals surface area contributed by atoms with Gasteiger partial charge in [0.05, 0.1) is 11.4 Å². The number of para-hydroxylation sites is 2. The fourth-order valence-corrected chi connectivity index (χ4v) is 3.59. The van der Waals surface area contributed by atoms with Gasteiger partial charge >= 0.3 is 6.03 Å². The normalized spacial score (nSPS) is 16.7. The molecular formula is C21H23N3O. The van der Waals surface area contributed by atoms with Crippen molar-refractivity contribution >= 4 is 29.6 Å². The smallest absolute Gasteiger partial charge is 0.326 e. The summed E-state index contributed by atoms with van der Waals surface area (Å²) >= 11 is 0. The Kier molecular flexibility index (Phi) is 4.53. The van der Waals surface area contributed by atoms with Crippen LogP contribution in [0.1, 0.15) is 24.0 Å². The molecule has 25 heavy (non-hydrogen) atoms. The third-order valence-corrected chi connectivity index (χ3v) is 5.00. The first-order valence-electron chi connectivity index (χ1n) is 8.98. The quantitative estimate of drug-likeness (QED) is 0.872. The molecular weight excluding hydrogens is 310 g/mol. The van der Waals surface area contributed by atoms with Crippen LogP contribution in [0, 0.1) is 5.92 Å². The van der Waals surface area contributed by atoms with Gasteiger partial charge in [-0.1, -0.05) is 48.6 Å². The molecule has 4 rings (SSSR count). The Morgan fingerprint density at radius 3 is 2.12 bits per heavy atom. The third kappa shape index (κ3) is 3.30. The predicted octanol–water partition coefficient (Wildman–Crippen LogP) is 4.02. The molecule has 0 saturated carbocycles. The highest BCUT2D eigenvalue weighted by Crippen LogP contribution is 2.36. The Bertz CT molecular complexity index is 744. The highest BCUT2D eigenvalue weighted by molar-refractivity contribution is 6.05. The Hall–Kier alpha value is -2.59. The second-order valence-corrected chi connectivity index (χ2v) is 6.67. The number of fused-ring (bicyclic) bond motifs is 2. The minimum atomic E-state index is -0.0536. The summed E-state index contributed by atoms with van der Waals surface area (Å²) in [6, 6.07) is 16.0. The van der Waals surface area contributed by atoms with E-state index in [1.54, 1.807) is 0 Å². The minimum absolute atomic E-state index is 0.0536. The number of carbonyl (C=O) groups excluding carboxylic acids is 1. The Morgan fingerprint density at radius 2 is 1.52 bits per heavy atom. The molecule has 0 unspecified atom stereocenters. The number of benzene rings is 2. The lowest BCUT2D eigenvalue weighted by molar-refractivity contribution is 0.244. The van der Waals surface area contributed by atoms with Gasteiger partial charge in [0.15, 0.2) is 0 Å². The lowest BCUT2D eigenvalue weighted by Crippen LogP contribution is -2.41. The van der Waals surface area contributed by atoms with Crippen LogP contribution in [0.4, 0.5) is 16.2 Å². The van der Waals surface area contributed by atoms with Gasteiger partial charge in [-0.25, -0.2) is 4.79 Å². The van der Waals surface area contributed by atoms with Crippen molar-refractivity contribution in [3.05, 3.63) is 59.7 Å². The number of hydrogen-bond donors (Lipinski definition) is 2. The van der Waals surface area contributed by atoms with E-state index in [1.165, 1.54) is 0 Å². The van der Waals surface area contributed by atoms with Crippen LogP contribution in [0.15, 0.2) is 48.5 Å². The van der Waals surface area contributed by atoms with Gasteiger partial charge in [0, 0.05) is 6.54 Å². The largest absolute Gasteiger partial charge is 0.337 e. The summed E-state index contributed by atoms with van der Waals surface area (Å²) in [5.41, 5.74) is 3.95. The topological polar surface area (TPSA) is 44.4 Å². The molecule has 2 N–H and O–H groups in total. The van der Waals surface area contributed by atoms with Gasteiger partial charge in [0.1, 0.15) is 0 Å². The van der Waals surface area contributed by atoms with Gasteiger partial charge in [-0.05, 0) is 55.1 Å². The summed E-state index contributed by atoms with van der Waals surface area (Å²) in [6.45, 7) is 2.81. The second-order valence-electron chi connectivity index (χ2n) is 6.67. The molecule has 128 valence electrons. The van der Waals surface area contributed by atoms with Crippen molar-refractivity contribution in [2.45, 2.75) is 12.8 Å². The maximum atomic E-state index is 13.1. The summed E-state index contributed by atoms with van der Waals surface area (Å²) in [4.78, 5) is 14.9. The number of nitrogens with one attached hydrogen (secondary N) is 2. The molecule has 2 aromatic rings. The van der Waals surface area contributed by atoms with Crippen LogP contribution < -0.4 is 15.5 Å². The van der Waals surface area contributed by atoms with Crippen LogP contribution in [0.5, 0.6) is 0 Å². The number of rotatable bonds is 2. The summed E-state index contributed by atoms with van der Waals surface area (Å²) in [7, 11) is 0. The maximum absolute atomic E-state index is 13.1. The molecule has 0 atom stereocenters. The summed E-state index contributed by atoms with van der Waals surface area (Å²) < 4.78 is 0. The van der Waals surface area contributed by atoms with Gasteiger partial charge in [0.2, 0.25) is 0 Å². The van der Waals surface area contributed by atoms with Crippen molar-refractivity contribution < 1.29 is 4.79 Å². The van der Waals surface area contributed by atoms with E-state index in [4.69, 9.17) is 0 Å². The summed E-state index contributed by atoms with van der Waals surface area (Å²) in [6.07, 6.45) is 6.40. The van der Waals surface area contributed by atoms with Crippen molar-refractivity contribution in [1.29, 1.82) is 0 Å². The Morgan fingerprint density at radius 1 is 0.960 bits per heavy atom. The minimum Gasteiger partial charge on any atom is -0.337 e. The van der Waals surface area contributed by atoms with Gasteiger partial charge in [-0.15, -0.1) is 0 Å². The van der Waals surface area contributed by atoms with Crippen molar-refractivity contribution in [1.82, 2.24) is 10.6 Å². The van der Waals surface area contributed by atoms with Crippen LogP contribution in [-0.4, -0.2) is 25.7 Å². The zero-order chi connectivity index (χ0) is 17.1. The summed E-state index contributed by atoms with van der Waals surface area (Å²) in [5.74, 6) is 0.556. The molecule has 0 aliphatic carbocycles.